The molecule has 3 aromatic carbocycles. The van der Waals surface area contributed by atoms with Crippen LogP contribution >= 0.6 is 0 Å². The van der Waals surface area contributed by atoms with E-state index >= 15 is 8.78 Å². The second kappa shape index (κ2) is 12.6. The molecule has 202 valence electrons. The second-order valence-corrected chi connectivity index (χ2v) is 10.2. The number of hydrogen-bond acceptors (Lipinski definition) is 2. The van der Waals surface area contributed by atoms with Crippen molar-refractivity contribution in [1.82, 2.24) is 0 Å². The molecule has 2 nitrogen and oxygen atoms in total. The summed E-state index contributed by atoms with van der Waals surface area (Å²) >= 11 is 0. The SMILES string of the molecule is CCCCc1ccc(C(=O)OC2CCC(c3ccc(-c4ccc(CCC)cc4)c(F)c3F)CC2)c(F)c1F. The molecule has 1 fully saturated rings. The number of hydrogen-bond donors (Lipinski definition) is 0. The Labute approximate surface area is 222 Å². The lowest BCUT2D eigenvalue weighted by molar-refractivity contribution is 0.0188. The van der Waals surface area contributed by atoms with Gasteiger partial charge in [-0.1, -0.05) is 69.2 Å². The maximum atomic E-state index is 15.1. The molecule has 4 rings (SSSR count). The second-order valence-electron chi connectivity index (χ2n) is 10.2. The van der Waals surface area contributed by atoms with Crippen LogP contribution in [0.15, 0.2) is 48.5 Å². The van der Waals surface area contributed by atoms with E-state index in [2.05, 4.69) is 6.92 Å². The Morgan fingerprint density at radius 3 is 2.13 bits per heavy atom. The molecule has 0 radical (unpaired) electrons. The van der Waals surface area contributed by atoms with Crippen molar-refractivity contribution >= 4 is 5.97 Å². The lowest BCUT2D eigenvalue weighted by Crippen LogP contribution is -2.25. The number of esters is 1. The Kier molecular flexibility index (Phi) is 9.24. The topological polar surface area (TPSA) is 26.3 Å². The van der Waals surface area contributed by atoms with E-state index in [1.165, 1.54) is 12.1 Å². The molecule has 0 heterocycles. The molecule has 1 saturated carbocycles. The third kappa shape index (κ3) is 6.11. The first-order chi connectivity index (χ1) is 18.3. The molecule has 0 unspecified atom stereocenters. The van der Waals surface area contributed by atoms with Gasteiger partial charge in [-0.25, -0.2) is 22.4 Å². The third-order valence-corrected chi connectivity index (χ3v) is 7.49. The van der Waals surface area contributed by atoms with Crippen LogP contribution in [0.3, 0.4) is 0 Å². The van der Waals surface area contributed by atoms with Crippen LogP contribution in [-0.2, 0) is 17.6 Å². The lowest BCUT2D eigenvalue weighted by Gasteiger charge is -2.29. The summed E-state index contributed by atoms with van der Waals surface area (Å²) in [6, 6.07) is 13.5. The number of unbranched alkanes of at least 4 members (excludes halogenated alkanes) is 1. The zero-order chi connectivity index (χ0) is 27.2. The molecule has 0 bridgehead atoms. The summed E-state index contributed by atoms with van der Waals surface area (Å²) < 4.78 is 64.5. The molecule has 0 aromatic heterocycles. The molecule has 1 aliphatic rings. The van der Waals surface area contributed by atoms with Gasteiger partial charge in [0.05, 0.1) is 5.56 Å². The number of halogens is 4. The maximum absolute atomic E-state index is 15.1. The molecule has 0 atom stereocenters. The number of benzene rings is 3. The van der Waals surface area contributed by atoms with Gasteiger partial charge in [0, 0.05) is 5.56 Å². The highest BCUT2D eigenvalue weighted by Gasteiger charge is 2.29. The van der Waals surface area contributed by atoms with Crippen LogP contribution in [0, 0.1) is 23.3 Å². The molecule has 6 heteroatoms. The molecule has 3 aromatic rings. The molecular weight excluding hydrogens is 492 g/mol. The predicted molar refractivity (Wildman–Crippen MR) is 141 cm³/mol. The van der Waals surface area contributed by atoms with Crippen LogP contribution in [0.4, 0.5) is 17.6 Å². The smallest absolute Gasteiger partial charge is 0.341 e. The summed E-state index contributed by atoms with van der Waals surface area (Å²) in [7, 11) is 0. The molecule has 0 spiro atoms. The molecule has 1 aliphatic carbocycles. The van der Waals surface area contributed by atoms with Crippen molar-refractivity contribution in [3.05, 3.63) is 94.1 Å². The summed E-state index contributed by atoms with van der Waals surface area (Å²) in [4.78, 5) is 12.6. The normalized spacial score (nSPS) is 17.4. The highest BCUT2D eigenvalue weighted by atomic mass is 19.2. The predicted octanol–water partition coefficient (Wildman–Crippen LogP) is 9.09. The zero-order valence-electron chi connectivity index (χ0n) is 22.0. The summed E-state index contributed by atoms with van der Waals surface area (Å²) in [5.41, 5.74) is 2.15. The summed E-state index contributed by atoms with van der Waals surface area (Å²) in [5, 5.41) is 0. The van der Waals surface area contributed by atoms with Crippen molar-refractivity contribution in [3.63, 3.8) is 0 Å². The number of carbonyl (C=O) groups is 1. The van der Waals surface area contributed by atoms with Crippen molar-refractivity contribution in [3.8, 4) is 11.1 Å². The summed E-state index contributed by atoms with van der Waals surface area (Å²) in [6.45, 7) is 4.05. The maximum Gasteiger partial charge on any atom is 0.341 e. The first kappa shape index (κ1) is 27.9. The van der Waals surface area contributed by atoms with Gasteiger partial charge in [0.25, 0.3) is 0 Å². The number of aryl methyl sites for hydroxylation is 2. The van der Waals surface area contributed by atoms with Crippen molar-refractivity contribution in [2.45, 2.75) is 83.7 Å². The quantitative estimate of drug-likeness (QED) is 0.205. The van der Waals surface area contributed by atoms with Gasteiger partial charge in [-0.15, -0.1) is 0 Å². The van der Waals surface area contributed by atoms with Gasteiger partial charge in [0.1, 0.15) is 6.10 Å². The minimum atomic E-state index is -1.19. The van der Waals surface area contributed by atoms with Crippen LogP contribution < -0.4 is 0 Å². The standard InChI is InChI=1S/C32H34F4O2/c1-3-5-7-23-14-17-27(31(36)28(23)33)32(37)38-24-15-12-22(13-16-24)26-19-18-25(29(34)30(26)35)21-10-8-20(6-4-2)9-11-21/h8-11,14,17-19,22,24H,3-7,12-13,15-16H2,1-2H3. The largest absolute Gasteiger partial charge is 0.459 e. The minimum absolute atomic E-state index is 0.215. The Balaban J connectivity index is 1.39. The van der Waals surface area contributed by atoms with E-state index in [1.54, 1.807) is 12.1 Å². The summed E-state index contributed by atoms with van der Waals surface area (Å²) in [6.07, 6.45) is 5.28. The average Bonchev–Trinajstić information content (AvgIpc) is 2.92. The van der Waals surface area contributed by atoms with Crippen molar-refractivity contribution in [1.29, 1.82) is 0 Å². The van der Waals surface area contributed by atoms with Gasteiger partial charge in [-0.05, 0) is 79.2 Å². The van der Waals surface area contributed by atoms with Crippen LogP contribution in [0.2, 0.25) is 0 Å². The Morgan fingerprint density at radius 2 is 1.47 bits per heavy atom. The molecule has 38 heavy (non-hydrogen) atoms. The molecule has 0 saturated heterocycles. The Hall–Kier alpha value is -3.15. The first-order valence-corrected chi connectivity index (χ1v) is 13.6. The van der Waals surface area contributed by atoms with Gasteiger partial charge >= 0.3 is 5.97 Å². The van der Waals surface area contributed by atoms with Crippen molar-refractivity contribution in [2.75, 3.05) is 0 Å². The van der Waals surface area contributed by atoms with Gasteiger partial charge in [-0.2, -0.15) is 0 Å². The van der Waals surface area contributed by atoms with Crippen molar-refractivity contribution in [2.24, 2.45) is 0 Å². The molecule has 0 aliphatic heterocycles. The van der Waals surface area contributed by atoms with E-state index < -0.39 is 40.9 Å². The lowest BCUT2D eigenvalue weighted by atomic mass is 9.82. The zero-order valence-corrected chi connectivity index (χ0v) is 22.0. The van der Waals surface area contributed by atoms with Gasteiger partial charge in [0.2, 0.25) is 0 Å². The number of ether oxygens (including phenoxy) is 1. The van der Waals surface area contributed by atoms with E-state index in [0.717, 1.165) is 31.2 Å². The average molecular weight is 527 g/mol. The van der Waals surface area contributed by atoms with E-state index in [4.69, 9.17) is 4.74 Å². The highest BCUT2D eigenvalue weighted by Crippen LogP contribution is 2.38. The fraction of sp³-hybridized carbons (Fsp3) is 0.406. The third-order valence-electron chi connectivity index (χ3n) is 7.49. The van der Waals surface area contributed by atoms with Gasteiger partial charge < -0.3 is 4.74 Å². The highest BCUT2D eigenvalue weighted by molar-refractivity contribution is 5.90. The molecule has 0 N–H and O–H groups in total. The van der Waals surface area contributed by atoms with Crippen molar-refractivity contribution < 1.29 is 27.1 Å². The van der Waals surface area contributed by atoms with Gasteiger partial charge in [0.15, 0.2) is 23.3 Å². The van der Waals surface area contributed by atoms with Crippen LogP contribution in [-0.4, -0.2) is 12.1 Å². The van der Waals surface area contributed by atoms with Crippen LogP contribution in [0.1, 0.15) is 91.8 Å². The number of carbonyl (C=O) groups excluding carboxylic acids is 1. The minimum Gasteiger partial charge on any atom is -0.459 e. The molecule has 0 amide bonds. The Morgan fingerprint density at radius 1 is 0.763 bits per heavy atom. The van der Waals surface area contributed by atoms with Gasteiger partial charge in [-0.3, -0.25) is 0 Å². The van der Waals surface area contributed by atoms with E-state index in [-0.39, 0.29) is 17.0 Å². The van der Waals surface area contributed by atoms with Crippen LogP contribution in [0.5, 0.6) is 0 Å². The summed E-state index contributed by atoms with van der Waals surface area (Å²) in [5.74, 6) is -5.02. The van der Waals surface area contributed by atoms with E-state index in [0.29, 0.717) is 43.2 Å². The van der Waals surface area contributed by atoms with E-state index in [9.17, 15) is 13.6 Å². The fourth-order valence-electron chi connectivity index (χ4n) is 5.26. The fourth-order valence-corrected chi connectivity index (χ4v) is 5.26. The first-order valence-electron chi connectivity index (χ1n) is 13.6. The van der Waals surface area contributed by atoms with E-state index in [1.807, 2.05) is 31.2 Å². The molecular formula is C32H34F4O2. The van der Waals surface area contributed by atoms with Crippen LogP contribution in [0.25, 0.3) is 11.1 Å². The monoisotopic (exact) mass is 526 g/mol. The Bertz CT molecular complexity index is 1260. The number of rotatable bonds is 9.